The van der Waals surface area contributed by atoms with E-state index in [1.54, 1.807) is 0 Å². The average molecular weight is 100 g/mol. The van der Waals surface area contributed by atoms with E-state index in [0.29, 0.717) is 6.10 Å². The minimum atomic E-state index is 0.194. The van der Waals surface area contributed by atoms with E-state index in [4.69, 9.17) is 4.74 Å². The molecule has 1 aliphatic heterocycles. The first kappa shape index (κ1) is 5.10. The highest BCUT2D eigenvalue weighted by Crippen LogP contribution is 2.30. The van der Waals surface area contributed by atoms with Crippen LogP contribution in [0.5, 0.6) is 0 Å². The predicted octanol–water partition coefficient (Wildman–Crippen LogP) is 1.57. The molecule has 0 bridgehead atoms. The predicted molar refractivity (Wildman–Crippen MR) is 29.2 cm³/mol. The minimum absolute atomic E-state index is 0.194. The van der Waals surface area contributed by atoms with Crippen molar-refractivity contribution in [3.63, 3.8) is 0 Å². The lowest BCUT2D eigenvalue weighted by Gasteiger charge is -2.41. The van der Waals surface area contributed by atoms with Crippen molar-refractivity contribution in [2.45, 2.75) is 38.9 Å². The molecule has 1 heterocycles. The van der Waals surface area contributed by atoms with Gasteiger partial charge in [0.2, 0.25) is 0 Å². The quantitative estimate of drug-likeness (QED) is 0.449. The third-order valence-corrected chi connectivity index (χ3v) is 1.30. The fraction of sp³-hybridized carbons (Fsp3) is 1.00. The maximum atomic E-state index is 5.33. The van der Waals surface area contributed by atoms with Gasteiger partial charge in [0.05, 0.1) is 11.7 Å². The van der Waals surface area contributed by atoms with Gasteiger partial charge in [-0.05, 0) is 20.8 Å². The molecule has 0 aliphatic carbocycles. The first-order chi connectivity index (χ1) is 3.10. The van der Waals surface area contributed by atoms with Crippen LogP contribution in [0.25, 0.3) is 0 Å². The molecule has 0 N–H and O–H groups in total. The van der Waals surface area contributed by atoms with E-state index in [1.165, 1.54) is 6.42 Å². The van der Waals surface area contributed by atoms with Crippen molar-refractivity contribution in [3.05, 3.63) is 0 Å². The summed E-state index contributed by atoms with van der Waals surface area (Å²) in [5.74, 6) is 0. The molecule has 1 aliphatic rings. The van der Waals surface area contributed by atoms with Crippen molar-refractivity contribution in [1.82, 2.24) is 0 Å². The van der Waals surface area contributed by atoms with Gasteiger partial charge in [0, 0.05) is 6.42 Å². The van der Waals surface area contributed by atoms with Gasteiger partial charge < -0.3 is 4.74 Å². The van der Waals surface area contributed by atoms with E-state index in [9.17, 15) is 0 Å². The van der Waals surface area contributed by atoms with Crippen LogP contribution in [-0.2, 0) is 4.74 Å². The van der Waals surface area contributed by atoms with Gasteiger partial charge in [-0.1, -0.05) is 0 Å². The number of ether oxygens (including phenoxy) is 1. The Morgan fingerprint density at radius 2 is 2.00 bits per heavy atom. The molecule has 0 aromatic carbocycles. The van der Waals surface area contributed by atoms with Crippen LogP contribution in [0.1, 0.15) is 27.2 Å². The summed E-state index contributed by atoms with van der Waals surface area (Å²) in [6.07, 6.45) is 1.72. The standard InChI is InChI=1S/C6H12O/c1-5-4-6(2,3)7-5/h5H,4H2,1-3H3. The maximum Gasteiger partial charge on any atom is 0.0654 e. The van der Waals surface area contributed by atoms with Crippen molar-refractivity contribution in [2.24, 2.45) is 0 Å². The van der Waals surface area contributed by atoms with Gasteiger partial charge in [-0.25, -0.2) is 0 Å². The minimum Gasteiger partial charge on any atom is -0.372 e. The molecule has 1 fully saturated rings. The summed E-state index contributed by atoms with van der Waals surface area (Å²) in [4.78, 5) is 0. The highest BCUT2D eigenvalue weighted by atomic mass is 16.5. The third-order valence-electron chi connectivity index (χ3n) is 1.30. The van der Waals surface area contributed by atoms with Crippen LogP contribution in [0, 0.1) is 0 Å². The van der Waals surface area contributed by atoms with Crippen molar-refractivity contribution in [3.8, 4) is 0 Å². The van der Waals surface area contributed by atoms with Gasteiger partial charge in [0.25, 0.3) is 0 Å². The molecule has 0 amide bonds. The van der Waals surface area contributed by atoms with Gasteiger partial charge in [0.15, 0.2) is 0 Å². The summed E-state index contributed by atoms with van der Waals surface area (Å²) in [6.45, 7) is 6.34. The Hall–Kier alpha value is -0.0400. The van der Waals surface area contributed by atoms with Gasteiger partial charge in [0.1, 0.15) is 0 Å². The highest BCUT2D eigenvalue weighted by molar-refractivity contribution is 4.82. The molecule has 1 rings (SSSR count). The second kappa shape index (κ2) is 1.22. The van der Waals surface area contributed by atoms with Crippen LogP contribution in [0.4, 0.5) is 0 Å². The Balaban J connectivity index is 2.29. The average Bonchev–Trinajstić information content (AvgIpc) is 1.27. The zero-order valence-electron chi connectivity index (χ0n) is 5.19. The fourth-order valence-electron chi connectivity index (χ4n) is 1.23. The number of rotatable bonds is 0. The molecule has 1 nitrogen and oxygen atoms in total. The zero-order chi connectivity index (χ0) is 5.49. The van der Waals surface area contributed by atoms with Crippen molar-refractivity contribution >= 4 is 0 Å². The Bertz CT molecular complexity index is 68.2. The molecule has 1 saturated heterocycles. The summed E-state index contributed by atoms with van der Waals surface area (Å²) >= 11 is 0. The smallest absolute Gasteiger partial charge is 0.0654 e. The molecule has 42 valence electrons. The largest absolute Gasteiger partial charge is 0.372 e. The molecule has 0 spiro atoms. The monoisotopic (exact) mass is 100 g/mol. The Kier molecular flexibility index (Phi) is 0.890. The molecule has 0 radical (unpaired) electrons. The summed E-state index contributed by atoms with van der Waals surface area (Å²) in [5.41, 5.74) is 0.194. The van der Waals surface area contributed by atoms with Crippen LogP contribution in [0.3, 0.4) is 0 Å². The molecule has 0 saturated carbocycles. The third kappa shape index (κ3) is 0.942. The summed E-state index contributed by atoms with van der Waals surface area (Å²) in [7, 11) is 0. The molecule has 0 aromatic rings. The normalized spacial score (nSPS) is 37.3. The van der Waals surface area contributed by atoms with Crippen molar-refractivity contribution < 1.29 is 4.74 Å². The Morgan fingerprint density at radius 3 is 2.00 bits per heavy atom. The molecular formula is C6H12O. The first-order valence-electron chi connectivity index (χ1n) is 2.78. The topological polar surface area (TPSA) is 9.23 Å². The lowest BCUT2D eigenvalue weighted by atomic mass is 9.95. The molecule has 1 atom stereocenters. The van der Waals surface area contributed by atoms with Crippen LogP contribution in [-0.4, -0.2) is 11.7 Å². The van der Waals surface area contributed by atoms with E-state index < -0.39 is 0 Å². The maximum absolute atomic E-state index is 5.33. The number of hydrogen-bond donors (Lipinski definition) is 0. The van der Waals surface area contributed by atoms with Crippen LogP contribution in [0.15, 0.2) is 0 Å². The van der Waals surface area contributed by atoms with Gasteiger partial charge >= 0.3 is 0 Å². The van der Waals surface area contributed by atoms with Crippen LogP contribution < -0.4 is 0 Å². The first-order valence-corrected chi connectivity index (χ1v) is 2.78. The second-order valence-electron chi connectivity index (χ2n) is 2.89. The number of hydrogen-bond acceptors (Lipinski definition) is 1. The van der Waals surface area contributed by atoms with Crippen LogP contribution in [0.2, 0.25) is 0 Å². The lowest BCUT2D eigenvalue weighted by molar-refractivity contribution is -0.175. The van der Waals surface area contributed by atoms with Gasteiger partial charge in [-0.3, -0.25) is 0 Å². The van der Waals surface area contributed by atoms with Crippen LogP contribution >= 0.6 is 0 Å². The fourth-order valence-corrected chi connectivity index (χ4v) is 1.23. The zero-order valence-corrected chi connectivity index (χ0v) is 5.19. The SMILES string of the molecule is CC1CC(C)(C)O1. The van der Waals surface area contributed by atoms with E-state index in [-0.39, 0.29) is 5.60 Å². The highest BCUT2D eigenvalue weighted by Gasteiger charge is 2.33. The Morgan fingerprint density at radius 1 is 1.57 bits per heavy atom. The summed E-state index contributed by atoms with van der Waals surface area (Å²) < 4.78 is 5.33. The van der Waals surface area contributed by atoms with Gasteiger partial charge in [-0.2, -0.15) is 0 Å². The molecule has 1 heteroatoms. The Labute approximate surface area is 44.7 Å². The summed E-state index contributed by atoms with van der Waals surface area (Å²) in [5, 5.41) is 0. The molecule has 1 unspecified atom stereocenters. The molecular weight excluding hydrogens is 88.1 g/mol. The molecule has 7 heavy (non-hydrogen) atoms. The van der Waals surface area contributed by atoms with E-state index in [1.807, 2.05) is 0 Å². The second-order valence-corrected chi connectivity index (χ2v) is 2.89. The van der Waals surface area contributed by atoms with Crippen molar-refractivity contribution in [2.75, 3.05) is 0 Å². The van der Waals surface area contributed by atoms with E-state index in [2.05, 4.69) is 20.8 Å². The van der Waals surface area contributed by atoms with E-state index >= 15 is 0 Å². The van der Waals surface area contributed by atoms with Crippen molar-refractivity contribution in [1.29, 1.82) is 0 Å². The summed E-state index contributed by atoms with van der Waals surface area (Å²) in [6, 6.07) is 0. The van der Waals surface area contributed by atoms with Gasteiger partial charge in [-0.15, -0.1) is 0 Å². The lowest BCUT2D eigenvalue weighted by Crippen LogP contribution is -2.43. The molecule has 0 aromatic heterocycles. The van der Waals surface area contributed by atoms with E-state index in [0.717, 1.165) is 0 Å².